The molecule has 0 bridgehead atoms. The van der Waals surface area contributed by atoms with Gasteiger partial charge in [-0.05, 0) is 29.7 Å². The van der Waals surface area contributed by atoms with Crippen molar-refractivity contribution in [1.29, 1.82) is 0 Å². The van der Waals surface area contributed by atoms with Gasteiger partial charge in [0.15, 0.2) is 0 Å². The molecule has 5 aromatic rings. The molecule has 0 amide bonds. The number of ether oxygens (including phenoxy) is 1. The minimum Gasteiger partial charge on any atom is -0.438 e. The molecule has 1 aliphatic rings. The first-order chi connectivity index (χ1) is 11.9. The molecule has 2 aromatic heterocycles. The van der Waals surface area contributed by atoms with Gasteiger partial charge in [0.25, 0.3) is 0 Å². The molecule has 3 heterocycles. The fourth-order valence-electron chi connectivity index (χ4n) is 3.73. The van der Waals surface area contributed by atoms with Crippen molar-refractivity contribution in [3.05, 3.63) is 66.9 Å². The molecule has 0 fully saturated rings. The van der Waals surface area contributed by atoms with Crippen molar-refractivity contribution >= 4 is 42.3 Å². The van der Waals surface area contributed by atoms with Crippen LogP contribution < -0.4 is 4.74 Å². The first kappa shape index (κ1) is 12.5. The fourth-order valence-corrected chi connectivity index (χ4v) is 4.89. The van der Waals surface area contributed by atoms with E-state index in [0.717, 1.165) is 16.7 Å². The van der Waals surface area contributed by atoms with Crippen molar-refractivity contribution in [2.24, 2.45) is 0 Å². The third kappa shape index (κ3) is 1.47. The number of aromatic nitrogens is 1. The summed E-state index contributed by atoms with van der Waals surface area (Å²) < 4.78 is 8.71. The topological polar surface area (TPSA) is 22.1 Å². The predicted octanol–water partition coefficient (Wildman–Crippen LogP) is 6.38. The molecule has 2 nitrogen and oxygen atoms in total. The SMILES string of the molecule is c1ccc2c(c1)Oc1nccc3c1c-2cc1sc2ccccc2c13. The second-order valence-corrected chi connectivity index (χ2v) is 7.12. The van der Waals surface area contributed by atoms with E-state index in [0.29, 0.717) is 5.88 Å². The Balaban J connectivity index is 1.91. The fraction of sp³-hybridized carbons (Fsp3) is 0. The summed E-state index contributed by atoms with van der Waals surface area (Å²) in [5.74, 6) is 1.59. The molecule has 0 saturated carbocycles. The van der Waals surface area contributed by atoms with E-state index in [1.165, 1.54) is 31.1 Å². The van der Waals surface area contributed by atoms with Crippen LogP contribution in [0.5, 0.6) is 11.6 Å². The molecule has 0 unspecified atom stereocenters. The van der Waals surface area contributed by atoms with E-state index in [2.05, 4.69) is 53.5 Å². The van der Waals surface area contributed by atoms with Crippen LogP contribution in [0.3, 0.4) is 0 Å². The predicted molar refractivity (Wildman–Crippen MR) is 100 cm³/mol. The van der Waals surface area contributed by atoms with Crippen molar-refractivity contribution in [2.75, 3.05) is 0 Å². The van der Waals surface area contributed by atoms with E-state index in [9.17, 15) is 0 Å². The number of nitrogens with zero attached hydrogens (tertiary/aromatic N) is 1. The molecule has 3 heteroatoms. The minimum atomic E-state index is 0.707. The van der Waals surface area contributed by atoms with Gasteiger partial charge in [0.05, 0.1) is 5.39 Å². The normalized spacial score (nSPS) is 12.5. The van der Waals surface area contributed by atoms with Gasteiger partial charge >= 0.3 is 0 Å². The molecule has 0 N–H and O–H groups in total. The summed E-state index contributed by atoms with van der Waals surface area (Å²) in [5.41, 5.74) is 2.36. The Labute approximate surface area is 142 Å². The molecular weight excluding hydrogens is 314 g/mol. The molecule has 0 aliphatic carbocycles. The molecule has 0 saturated heterocycles. The highest BCUT2D eigenvalue weighted by Crippen LogP contribution is 2.49. The second kappa shape index (κ2) is 4.34. The lowest BCUT2D eigenvalue weighted by atomic mass is 9.94. The maximum Gasteiger partial charge on any atom is 0.227 e. The van der Waals surface area contributed by atoms with Gasteiger partial charge in [-0.15, -0.1) is 11.3 Å². The van der Waals surface area contributed by atoms with Crippen LogP contribution in [0.1, 0.15) is 0 Å². The Kier molecular flexibility index (Phi) is 2.26. The molecule has 1 aliphatic heterocycles. The number of para-hydroxylation sites is 1. The van der Waals surface area contributed by atoms with E-state index in [1.807, 2.05) is 29.7 Å². The van der Waals surface area contributed by atoms with Gasteiger partial charge in [-0.3, -0.25) is 0 Å². The van der Waals surface area contributed by atoms with Gasteiger partial charge in [-0.25, -0.2) is 4.98 Å². The number of hydrogen-bond donors (Lipinski definition) is 0. The Morgan fingerprint density at radius 3 is 2.62 bits per heavy atom. The lowest BCUT2D eigenvalue weighted by Crippen LogP contribution is -1.98. The third-order valence-corrected chi connectivity index (χ3v) is 5.85. The summed E-state index contributed by atoms with van der Waals surface area (Å²) >= 11 is 1.85. The van der Waals surface area contributed by atoms with E-state index in [4.69, 9.17) is 4.74 Å². The van der Waals surface area contributed by atoms with Gasteiger partial charge in [0, 0.05) is 37.5 Å². The molecule has 6 rings (SSSR count). The largest absolute Gasteiger partial charge is 0.438 e. The average Bonchev–Trinajstić information content (AvgIpc) is 3.00. The summed E-state index contributed by atoms with van der Waals surface area (Å²) in [5, 5.41) is 4.95. The Bertz CT molecular complexity index is 1290. The third-order valence-electron chi connectivity index (χ3n) is 4.74. The summed E-state index contributed by atoms with van der Waals surface area (Å²) in [6, 6.07) is 21.2. The van der Waals surface area contributed by atoms with Crippen molar-refractivity contribution in [3.8, 4) is 22.8 Å². The summed E-state index contributed by atoms with van der Waals surface area (Å²) in [6.07, 6.45) is 1.85. The Morgan fingerprint density at radius 1 is 0.750 bits per heavy atom. The number of thiophene rings is 1. The summed E-state index contributed by atoms with van der Waals surface area (Å²) in [7, 11) is 0. The van der Waals surface area contributed by atoms with Crippen molar-refractivity contribution in [2.45, 2.75) is 0 Å². The minimum absolute atomic E-state index is 0.707. The first-order valence-electron chi connectivity index (χ1n) is 7.90. The van der Waals surface area contributed by atoms with Crippen LogP contribution in [-0.4, -0.2) is 4.98 Å². The number of benzene rings is 3. The maximum absolute atomic E-state index is 6.08. The number of hydrogen-bond acceptors (Lipinski definition) is 3. The Morgan fingerprint density at radius 2 is 1.62 bits per heavy atom. The van der Waals surface area contributed by atoms with Crippen LogP contribution >= 0.6 is 11.3 Å². The number of rotatable bonds is 0. The smallest absolute Gasteiger partial charge is 0.227 e. The van der Waals surface area contributed by atoms with Crippen LogP contribution in [0.2, 0.25) is 0 Å². The summed E-state index contributed by atoms with van der Waals surface area (Å²) in [4.78, 5) is 4.49. The van der Waals surface area contributed by atoms with Crippen LogP contribution in [-0.2, 0) is 0 Å². The molecule has 0 spiro atoms. The first-order valence-corrected chi connectivity index (χ1v) is 8.72. The van der Waals surface area contributed by atoms with Crippen molar-refractivity contribution < 1.29 is 4.74 Å². The lowest BCUT2D eigenvalue weighted by Gasteiger charge is -2.20. The second-order valence-electron chi connectivity index (χ2n) is 6.03. The molecule has 112 valence electrons. The maximum atomic E-state index is 6.08. The van der Waals surface area contributed by atoms with E-state index >= 15 is 0 Å². The van der Waals surface area contributed by atoms with Crippen LogP contribution in [0.15, 0.2) is 66.9 Å². The van der Waals surface area contributed by atoms with Crippen LogP contribution in [0.4, 0.5) is 0 Å². The number of pyridine rings is 1. The summed E-state index contributed by atoms with van der Waals surface area (Å²) in [6.45, 7) is 0. The molecule has 0 radical (unpaired) electrons. The lowest BCUT2D eigenvalue weighted by molar-refractivity contribution is 0.468. The Hall–Kier alpha value is -2.91. The van der Waals surface area contributed by atoms with Gasteiger partial charge in [-0.2, -0.15) is 0 Å². The standard InChI is InChI=1S/C21H11NOS/c1-3-7-16-12(5-1)15-11-18-19(13-6-2-4-8-17(13)24-18)14-9-10-22-21(23-16)20(14)15/h1-11H. The van der Waals surface area contributed by atoms with Crippen molar-refractivity contribution in [1.82, 2.24) is 4.98 Å². The monoisotopic (exact) mass is 325 g/mol. The van der Waals surface area contributed by atoms with Gasteiger partial charge < -0.3 is 4.74 Å². The van der Waals surface area contributed by atoms with Gasteiger partial charge in [0.2, 0.25) is 5.88 Å². The molecule has 0 atom stereocenters. The molecule has 24 heavy (non-hydrogen) atoms. The van der Waals surface area contributed by atoms with Crippen LogP contribution in [0, 0.1) is 0 Å². The quantitative estimate of drug-likeness (QED) is 0.323. The highest BCUT2D eigenvalue weighted by Gasteiger charge is 2.23. The zero-order chi connectivity index (χ0) is 15.7. The van der Waals surface area contributed by atoms with E-state index in [1.54, 1.807) is 0 Å². The average molecular weight is 325 g/mol. The van der Waals surface area contributed by atoms with E-state index < -0.39 is 0 Å². The van der Waals surface area contributed by atoms with Crippen LogP contribution in [0.25, 0.3) is 42.1 Å². The molecule has 3 aromatic carbocycles. The van der Waals surface area contributed by atoms with Crippen molar-refractivity contribution in [3.63, 3.8) is 0 Å². The zero-order valence-corrected chi connectivity index (χ0v) is 13.4. The highest BCUT2D eigenvalue weighted by atomic mass is 32.1. The zero-order valence-electron chi connectivity index (χ0n) is 12.6. The molecular formula is C21H11NOS. The van der Waals surface area contributed by atoms with Gasteiger partial charge in [-0.1, -0.05) is 36.4 Å². The van der Waals surface area contributed by atoms with Gasteiger partial charge in [0.1, 0.15) is 5.75 Å². The highest BCUT2D eigenvalue weighted by molar-refractivity contribution is 7.26. The number of fused-ring (bicyclic) bond motifs is 6. The van der Waals surface area contributed by atoms with E-state index in [-0.39, 0.29) is 0 Å².